The summed E-state index contributed by atoms with van der Waals surface area (Å²) in [6.45, 7) is 8.87. The Morgan fingerprint density at radius 1 is 1.33 bits per heavy atom. The Morgan fingerprint density at radius 3 is 2.67 bits per heavy atom. The van der Waals surface area contributed by atoms with Crippen LogP contribution in [0, 0.1) is 12.8 Å². The van der Waals surface area contributed by atoms with Crippen LogP contribution in [-0.2, 0) is 5.88 Å². The second kappa shape index (κ2) is 5.31. The van der Waals surface area contributed by atoms with Crippen molar-refractivity contribution in [2.75, 3.05) is 0 Å². The number of rotatable bonds is 4. The molecule has 0 aliphatic heterocycles. The van der Waals surface area contributed by atoms with E-state index < -0.39 is 0 Å². The molecule has 0 aliphatic rings. The van der Waals surface area contributed by atoms with E-state index in [1.807, 2.05) is 0 Å². The highest BCUT2D eigenvalue weighted by Gasteiger charge is 2.19. The minimum absolute atomic E-state index is 0.426. The number of halogens is 1. The summed E-state index contributed by atoms with van der Waals surface area (Å²) in [5.74, 6) is 2.06. The molecule has 0 amide bonds. The van der Waals surface area contributed by atoms with Crippen LogP contribution in [0.25, 0.3) is 11.0 Å². The molecule has 2 aromatic rings. The van der Waals surface area contributed by atoms with Crippen molar-refractivity contribution in [1.29, 1.82) is 0 Å². The van der Waals surface area contributed by atoms with Crippen LogP contribution < -0.4 is 0 Å². The number of hydrogen-bond acceptors (Lipinski definition) is 1. The second-order valence-corrected chi connectivity index (χ2v) is 5.37. The lowest BCUT2D eigenvalue weighted by Gasteiger charge is -2.22. The van der Waals surface area contributed by atoms with E-state index >= 15 is 0 Å². The van der Waals surface area contributed by atoms with Gasteiger partial charge in [0.25, 0.3) is 0 Å². The Hall–Kier alpha value is -1.02. The van der Waals surface area contributed by atoms with E-state index in [0.717, 1.165) is 17.8 Å². The first-order valence-corrected chi connectivity index (χ1v) is 7.16. The highest BCUT2D eigenvalue weighted by Crippen LogP contribution is 2.29. The van der Waals surface area contributed by atoms with Crippen molar-refractivity contribution >= 4 is 22.6 Å². The lowest BCUT2D eigenvalue weighted by Crippen LogP contribution is -2.15. The van der Waals surface area contributed by atoms with Gasteiger partial charge in [0.15, 0.2) is 0 Å². The van der Waals surface area contributed by atoms with Crippen molar-refractivity contribution in [3.63, 3.8) is 0 Å². The van der Waals surface area contributed by atoms with Gasteiger partial charge in [0, 0.05) is 6.04 Å². The van der Waals surface area contributed by atoms with Crippen molar-refractivity contribution in [3.05, 3.63) is 29.6 Å². The van der Waals surface area contributed by atoms with Crippen molar-refractivity contribution in [1.82, 2.24) is 9.55 Å². The predicted octanol–water partition coefficient (Wildman–Crippen LogP) is 4.69. The van der Waals surface area contributed by atoms with E-state index in [4.69, 9.17) is 16.6 Å². The summed E-state index contributed by atoms with van der Waals surface area (Å²) >= 11 is 6.06. The summed E-state index contributed by atoms with van der Waals surface area (Å²) in [6.07, 6.45) is 1.16. The summed E-state index contributed by atoms with van der Waals surface area (Å²) in [5.41, 5.74) is 3.51. The molecule has 0 fully saturated rings. The van der Waals surface area contributed by atoms with Gasteiger partial charge in [-0.05, 0) is 31.4 Å². The smallest absolute Gasteiger partial charge is 0.125 e. The first kappa shape index (κ1) is 13.4. The van der Waals surface area contributed by atoms with E-state index in [2.05, 4.69) is 50.5 Å². The number of aryl methyl sites for hydroxylation is 1. The number of para-hydroxylation sites is 1. The molecular weight excluding hydrogens is 244 g/mol. The van der Waals surface area contributed by atoms with Gasteiger partial charge < -0.3 is 4.57 Å². The van der Waals surface area contributed by atoms with Crippen molar-refractivity contribution < 1.29 is 0 Å². The molecular formula is C15H21ClN2. The first-order chi connectivity index (χ1) is 8.60. The maximum absolute atomic E-state index is 6.06. The molecule has 1 aromatic heterocycles. The molecule has 1 aromatic carbocycles. The summed E-state index contributed by atoms with van der Waals surface area (Å²) in [5, 5.41) is 0. The van der Waals surface area contributed by atoms with Crippen molar-refractivity contribution in [2.24, 2.45) is 5.92 Å². The predicted molar refractivity (Wildman–Crippen MR) is 78.2 cm³/mol. The van der Waals surface area contributed by atoms with E-state index in [1.54, 1.807) is 0 Å². The number of aromatic nitrogens is 2. The molecule has 2 unspecified atom stereocenters. The number of fused-ring (bicyclic) bond motifs is 1. The Morgan fingerprint density at radius 2 is 2.06 bits per heavy atom. The van der Waals surface area contributed by atoms with Gasteiger partial charge in [-0.2, -0.15) is 0 Å². The maximum atomic E-state index is 6.06. The van der Waals surface area contributed by atoms with Gasteiger partial charge in [-0.3, -0.25) is 0 Å². The van der Waals surface area contributed by atoms with Gasteiger partial charge >= 0.3 is 0 Å². The fraction of sp³-hybridized carbons (Fsp3) is 0.533. The number of alkyl halides is 1. The van der Waals surface area contributed by atoms with Crippen LogP contribution in [0.4, 0.5) is 0 Å². The molecule has 2 rings (SSSR count). The summed E-state index contributed by atoms with van der Waals surface area (Å²) < 4.78 is 2.31. The number of benzene rings is 1. The van der Waals surface area contributed by atoms with E-state index in [1.165, 1.54) is 11.1 Å². The minimum atomic E-state index is 0.426. The number of hydrogen-bond donors (Lipinski definition) is 0. The largest absolute Gasteiger partial charge is 0.324 e. The van der Waals surface area contributed by atoms with Crippen LogP contribution in [-0.4, -0.2) is 9.55 Å². The standard InChI is InChI=1S/C15H21ClN2/c1-5-10(2)12(4)18-13-8-6-7-11(3)15(13)17-14(18)9-16/h6-8,10,12H,5,9H2,1-4H3. The van der Waals surface area contributed by atoms with Gasteiger partial charge in [-0.1, -0.05) is 32.4 Å². The highest BCUT2D eigenvalue weighted by molar-refractivity contribution is 6.16. The molecule has 0 spiro atoms. The van der Waals surface area contributed by atoms with Gasteiger partial charge in [0.05, 0.1) is 16.9 Å². The third kappa shape index (κ3) is 2.14. The van der Waals surface area contributed by atoms with Crippen LogP contribution in [0.5, 0.6) is 0 Å². The lowest BCUT2D eigenvalue weighted by atomic mass is 10.0. The minimum Gasteiger partial charge on any atom is -0.324 e. The zero-order valence-electron chi connectivity index (χ0n) is 11.6. The fourth-order valence-corrected chi connectivity index (χ4v) is 2.64. The summed E-state index contributed by atoms with van der Waals surface area (Å²) in [4.78, 5) is 4.70. The molecule has 2 nitrogen and oxygen atoms in total. The number of nitrogens with zero attached hydrogens (tertiary/aromatic N) is 2. The molecule has 0 radical (unpaired) electrons. The Bertz CT molecular complexity index is 545. The van der Waals surface area contributed by atoms with E-state index in [9.17, 15) is 0 Å². The fourth-order valence-electron chi connectivity index (χ4n) is 2.45. The van der Waals surface area contributed by atoms with Gasteiger partial charge in [-0.15, -0.1) is 11.6 Å². The molecule has 0 aliphatic carbocycles. The summed E-state index contributed by atoms with van der Waals surface area (Å²) in [6, 6.07) is 6.77. The van der Waals surface area contributed by atoms with Crippen molar-refractivity contribution in [3.8, 4) is 0 Å². The van der Waals surface area contributed by atoms with Gasteiger partial charge in [-0.25, -0.2) is 4.98 Å². The molecule has 0 saturated carbocycles. The van der Waals surface area contributed by atoms with Crippen molar-refractivity contribution in [2.45, 2.75) is 46.0 Å². The molecule has 3 heteroatoms. The Kier molecular flexibility index (Phi) is 3.96. The molecule has 2 atom stereocenters. The average molecular weight is 265 g/mol. The van der Waals surface area contributed by atoms with Gasteiger partial charge in [0.1, 0.15) is 5.82 Å². The van der Waals surface area contributed by atoms with E-state index in [-0.39, 0.29) is 0 Å². The number of imidazole rings is 1. The average Bonchev–Trinajstić information content (AvgIpc) is 2.76. The van der Waals surface area contributed by atoms with Crippen LogP contribution in [0.2, 0.25) is 0 Å². The molecule has 1 heterocycles. The second-order valence-electron chi connectivity index (χ2n) is 5.10. The molecule has 0 saturated heterocycles. The first-order valence-electron chi connectivity index (χ1n) is 6.62. The zero-order valence-corrected chi connectivity index (χ0v) is 12.3. The van der Waals surface area contributed by atoms with Crippen LogP contribution in [0.15, 0.2) is 18.2 Å². The monoisotopic (exact) mass is 264 g/mol. The third-order valence-electron chi connectivity index (χ3n) is 3.99. The molecule has 0 bridgehead atoms. The van der Waals surface area contributed by atoms with E-state index in [0.29, 0.717) is 17.8 Å². The summed E-state index contributed by atoms with van der Waals surface area (Å²) in [7, 11) is 0. The zero-order chi connectivity index (χ0) is 13.3. The molecule has 18 heavy (non-hydrogen) atoms. The molecule has 0 N–H and O–H groups in total. The third-order valence-corrected chi connectivity index (χ3v) is 4.23. The Labute approximate surface area is 114 Å². The topological polar surface area (TPSA) is 17.8 Å². The normalized spacial score (nSPS) is 14.9. The highest BCUT2D eigenvalue weighted by atomic mass is 35.5. The van der Waals surface area contributed by atoms with Gasteiger partial charge in [0.2, 0.25) is 0 Å². The van der Waals surface area contributed by atoms with Crippen LogP contribution >= 0.6 is 11.6 Å². The quantitative estimate of drug-likeness (QED) is 0.733. The molecule has 98 valence electrons. The SMILES string of the molecule is CCC(C)C(C)n1c(CCl)nc2c(C)cccc21. The van der Waals surface area contributed by atoms with Crippen LogP contribution in [0.1, 0.15) is 44.6 Å². The maximum Gasteiger partial charge on any atom is 0.125 e. The lowest BCUT2D eigenvalue weighted by molar-refractivity contribution is 0.371. The Balaban J connectivity index is 2.64. The van der Waals surface area contributed by atoms with Crippen LogP contribution in [0.3, 0.4) is 0 Å².